The van der Waals surface area contributed by atoms with Crippen molar-refractivity contribution >= 4 is 35.8 Å². The number of carbonyl (C=O) groups is 1. The Labute approximate surface area is 191 Å². The van der Waals surface area contributed by atoms with Crippen molar-refractivity contribution in [2.75, 3.05) is 26.2 Å². The van der Waals surface area contributed by atoms with Crippen molar-refractivity contribution in [1.82, 2.24) is 30.3 Å². The van der Waals surface area contributed by atoms with Crippen LogP contribution in [0.25, 0.3) is 0 Å². The summed E-state index contributed by atoms with van der Waals surface area (Å²) in [6.07, 6.45) is 9.44. The van der Waals surface area contributed by atoms with Gasteiger partial charge in [0.1, 0.15) is 12.2 Å². The molecule has 0 spiro atoms. The Bertz CT molecular complexity index is 657. The molecule has 2 N–H and O–H groups in total. The molecule has 0 radical (unpaired) electrons. The number of hydrogen-bond donors (Lipinski definition) is 2. The number of rotatable bonds is 7. The molecule has 1 aliphatic heterocycles. The molecule has 164 valence electrons. The molecule has 9 heteroatoms. The van der Waals surface area contributed by atoms with E-state index < -0.39 is 0 Å². The summed E-state index contributed by atoms with van der Waals surface area (Å²) in [7, 11) is 0. The number of likely N-dealkylation sites (tertiary alicyclic amines) is 1. The van der Waals surface area contributed by atoms with Gasteiger partial charge >= 0.3 is 0 Å². The number of aliphatic imine (C=N–C) groups is 1. The number of guanidine groups is 1. The summed E-state index contributed by atoms with van der Waals surface area (Å²) in [5.41, 5.74) is 0. The summed E-state index contributed by atoms with van der Waals surface area (Å²) >= 11 is 0. The number of aromatic nitrogens is 3. The predicted molar refractivity (Wildman–Crippen MR) is 125 cm³/mol. The molecule has 3 rings (SSSR count). The Morgan fingerprint density at radius 1 is 1.24 bits per heavy atom. The van der Waals surface area contributed by atoms with Crippen molar-refractivity contribution in [3.63, 3.8) is 0 Å². The third kappa shape index (κ3) is 6.82. The number of nitrogens with zero attached hydrogens (tertiary/aromatic N) is 5. The van der Waals surface area contributed by atoms with E-state index in [2.05, 4.69) is 39.6 Å². The zero-order valence-electron chi connectivity index (χ0n) is 17.8. The van der Waals surface area contributed by atoms with Crippen LogP contribution in [0, 0.1) is 5.92 Å². The highest BCUT2D eigenvalue weighted by atomic mass is 127. The third-order valence-corrected chi connectivity index (χ3v) is 5.76. The normalized spacial score (nSPS) is 20.4. The molecule has 1 aliphatic carbocycles. The molecular formula is C20H36IN7O. The number of carbonyl (C=O) groups excluding carboxylic acids is 1. The minimum absolute atomic E-state index is 0. The number of aryl methyl sites for hydroxylation is 1. The minimum atomic E-state index is 0. The van der Waals surface area contributed by atoms with E-state index in [-0.39, 0.29) is 35.9 Å². The molecule has 2 aliphatic rings. The van der Waals surface area contributed by atoms with E-state index in [0.717, 1.165) is 63.6 Å². The van der Waals surface area contributed by atoms with Crippen LogP contribution < -0.4 is 10.6 Å². The van der Waals surface area contributed by atoms with Gasteiger partial charge in [-0.15, -0.1) is 34.2 Å². The largest absolute Gasteiger partial charge is 0.357 e. The van der Waals surface area contributed by atoms with E-state index >= 15 is 0 Å². The number of hydrogen-bond acceptors (Lipinski definition) is 4. The van der Waals surface area contributed by atoms with Crippen molar-refractivity contribution in [3.05, 3.63) is 12.2 Å². The van der Waals surface area contributed by atoms with Gasteiger partial charge in [0.25, 0.3) is 0 Å². The summed E-state index contributed by atoms with van der Waals surface area (Å²) in [6, 6.07) is 0.270. The average Bonchev–Trinajstić information content (AvgIpc) is 3.37. The van der Waals surface area contributed by atoms with Crippen LogP contribution in [-0.4, -0.2) is 63.8 Å². The molecule has 1 saturated carbocycles. The van der Waals surface area contributed by atoms with E-state index in [0.29, 0.717) is 12.5 Å². The Kier molecular flexibility index (Phi) is 10.2. The summed E-state index contributed by atoms with van der Waals surface area (Å²) in [4.78, 5) is 19.5. The topological polar surface area (TPSA) is 87.4 Å². The lowest BCUT2D eigenvalue weighted by Crippen LogP contribution is -2.45. The van der Waals surface area contributed by atoms with Gasteiger partial charge < -0.3 is 20.1 Å². The molecule has 1 saturated heterocycles. The molecule has 1 atom stereocenters. The maximum absolute atomic E-state index is 12.8. The van der Waals surface area contributed by atoms with Gasteiger partial charge in [0.2, 0.25) is 5.91 Å². The van der Waals surface area contributed by atoms with Crippen LogP contribution in [0.3, 0.4) is 0 Å². The molecule has 8 nitrogen and oxygen atoms in total. The van der Waals surface area contributed by atoms with E-state index in [4.69, 9.17) is 4.99 Å². The van der Waals surface area contributed by atoms with Crippen LogP contribution >= 0.6 is 24.0 Å². The third-order valence-electron chi connectivity index (χ3n) is 5.76. The highest BCUT2D eigenvalue weighted by Gasteiger charge is 2.31. The van der Waals surface area contributed by atoms with E-state index in [9.17, 15) is 4.79 Å². The number of halogens is 1. The molecule has 1 aromatic heterocycles. The van der Waals surface area contributed by atoms with Gasteiger partial charge in [-0.05, 0) is 26.2 Å². The van der Waals surface area contributed by atoms with Crippen LogP contribution in [0.2, 0.25) is 0 Å². The quantitative estimate of drug-likeness (QED) is 0.329. The summed E-state index contributed by atoms with van der Waals surface area (Å²) < 4.78 is 2.05. The Balaban J connectivity index is 0.00000300. The van der Waals surface area contributed by atoms with Crippen LogP contribution in [0.4, 0.5) is 0 Å². The van der Waals surface area contributed by atoms with Crippen molar-refractivity contribution in [2.24, 2.45) is 10.9 Å². The minimum Gasteiger partial charge on any atom is -0.357 e. The van der Waals surface area contributed by atoms with Gasteiger partial charge in [0.05, 0.1) is 6.54 Å². The number of nitrogens with one attached hydrogen (secondary N) is 2. The van der Waals surface area contributed by atoms with Gasteiger partial charge in [-0.2, -0.15) is 0 Å². The Hall–Kier alpha value is -1.39. The maximum atomic E-state index is 12.8. The van der Waals surface area contributed by atoms with Gasteiger partial charge in [-0.3, -0.25) is 9.79 Å². The second-order valence-electron chi connectivity index (χ2n) is 7.80. The fourth-order valence-corrected chi connectivity index (χ4v) is 4.21. The fourth-order valence-electron chi connectivity index (χ4n) is 4.21. The molecule has 29 heavy (non-hydrogen) atoms. The van der Waals surface area contributed by atoms with Crippen LogP contribution in [0.1, 0.15) is 58.2 Å². The molecule has 2 heterocycles. The van der Waals surface area contributed by atoms with Crippen molar-refractivity contribution in [2.45, 2.75) is 71.4 Å². The lowest BCUT2D eigenvalue weighted by atomic mass is 9.88. The Morgan fingerprint density at radius 2 is 2.03 bits per heavy atom. The van der Waals surface area contributed by atoms with Gasteiger partial charge in [0, 0.05) is 44.6 Å². The molecular weight excluding hydrogens is 481 g/mol. The highest BCUT2D eigenvalue weighted by Crippen LogP contribution is 2.26. The monoisotopic (exact) mass is 517 g/mol. The highest BCUT2D eigenvalue weighted by molar-refractivity contribution is 14.0. The first-order valence-electron chi connectivity index (χ1n) is 10.9. The molecule has 1 amide bonds. The molecule has 2 fully saturated rings. The van der Waals surface area contributed by atoms with Crippen LogP contribution in [0.5, 0.6) is 0 Å². The molecule has 0 bridgehead atoms. The molecule has 1 unspecified atom stereocenters. The van der Waals surface area contributed by atoms with E-state index in [1.807, 2.05) is 4.57 Å². The van der Waals surface area contributed by atoms with Gasteiger partial charge in [-0.25, -0.2) is 0 Å². The zero-order chi connectivity index (χ0) is 19.8. The van der Waals surface area contributed by atoms with E-state index in [1.54, 1.807) is 6.33 Å². The first kappa shape index (κ1) is 23.9. The first-order chi connectivity index (χ1) is 13.7. The van der Waals surface area contributed by atoms with Gasteiger partial charge in [-0.1, -0.05) is 26.2 Å². The van der Waals surface area contributed by atoms with Crippen molar-refractivity contribution in [3.8, 4) is 0 Å². The average molecular weight is 517 g/mol. The zero-order valence-corrected chi connectivity index (χ0v) is 20.1. The predicted octanol–water partition coefficient (Wildman–Crippen LogP) is 2.19. The lowest BCUT2D eigenvalue weighted by molar-refractivity contribution is -0.135. The fraction of sp³-hybridized carbons (Fsp3) is 0.800. The SMILES string of the molecule is CCNC(=NCCn1cnnc1CC)NC1CCN(C(=O)C2CCCCC2)C1.I. The second-order valence-corrected chi connectivity index (χ2v) is 7.80. The summed E-state index contributed by atoms with van der Waals surface area (Å²) in [5, 5.41) is 14.9. The van der Waals surface area contributed by atoms with Crippen molar-refractivity contribution in [1.29, 1.82) is 0 Å². The summed E-state index contributed by atoms with van der Waals surface area (Å²) in [5.74, 6) is 2.43. The van der Waals surface area contributed by atoms with Crippen LogP contribution in [-0.2, 0) is 17.8 Å². The lowest BCUT2D eigenvalue weighted by Gasteiger charge is -2.26. The van der Waals surface area contributed by atoms with Crippen molar-refractivity contribution < 1.29 is 4.79 Å². The molecule has 0 aromatic carbocycles. The van der Waals surface area contributed by atoms with Gasteiger partial charge in [0.15, 0.2) is 5.96 Å². The van der Waals surface area contributed by atoms with E-state index in [1.165, 1.54) is 19.3 Å². The standard InChI is InChI=1S/C20H35N7O.HI/c1-3-18-25-23-15-27(18)13-11-22-20(21-4-2)24-17-10-12-26(14-17)19(28)16-8-6-5-7-9-16;/h15-17H,3-14H2,1-2H3,(H2,21,22,24);1H. The Morgan fingerprint density at radius 3 is 2.76 bits per heavy atom. The van der Waals surface area contributed by atoms with Crippen LogP contribution in [0.15, 0.2) is 11.3 Å². The number of amides is 1. The second kappa shape index (κ2) is 12.3. The molecule has 1 aromatic rings. The summed E-state index contributed by atoms with van der Waals surface area (Å²) in [6.45, 7) is 8.03. The first-order valence-corrected chi connectivity index (χ1v) is 10.9. The smallest absolute Gasteiger partial charge is 0.225 e. The maximum Gasteiger partial charge on any atom is 0.225 e.